The van der Waals surface area contributed by atoms with E-state index in [2.05, 4.69) is 6.92 Å². The fourth-order valence-corrected chi connectivity index (χ4v) is 2.88. The number of piperidine rings is 1. The predicted octanol–water partition coefficient (Wildman–Crippen LogP) is 2.35. The van der Waals surface area contributed by atoms with E-state index in [9.17, 15) is 4.79 Å². The van der Waals surface area contributed by atoms with Crippen LogP contribution in [0.4, 0.5) is 0 Å². The maximum Gasteiger partial charge on any atom is 0.240 e. The molecule has 3 nitrogen and oxygen atoms in total. The largest absolute Gasteiger partial charge is 0.338 e. The van der Waals surface area contributed by atoms with Crippen molar-refractivity contribution in [3.05, 3.63) is 35.9 Å². The Bertz CT molecular complexity index is 404. The van der Waals surface area contributed by atoms with E-state index in [1.807, 2.05) is 35.2 Å². The number of hydrogen-bond donors (Lipinski definition) is 1. The number of hydrogen-bond acceptors (Lipinski definition) is 2. The molecular weight excluding hydrogens is 236 g/mol. The molecule has 3 heteroatoms. The first-order chi connectivity index (χ1) is 9.22. The van der Waals surface area contributed by atoms with Gasteiger partial charge in [-0.05, 0) is 37.7 Å². The first-order valence-corrected chi connectivity index (χ1v) is 7.32. The zero-order valence-electron chi connectivity index (χ0n) is 11.7. The lowest BCUT2D eigenvalue weighted by Crippen LogP contribution is -2.51. The lowest BCUT2D eigenvalue weighted by atomic mass is 9.97. The highest BCUT2D eigenvalue weighted by molar-refractivity contribution is 5.82. The minimum atomic E-state index is -0.408. The molecule has 0 bridgehead atoms. The number of carbonyl (C=O) groups excluding carboxylic acids is 1. The molecule has 2 rings (SSSR count). The Labute approximate surface area is 115 Å². The molecule has 0 spiro atoms. The van der Waals surface area contributed by atoms with Crippen molar-refractivity contribution >= 4 is 5.91 Å². The second-order valence-corrected chi connectivity index (χ2v) is 5.39. The summed E-state index contributed by atoms with van der Waals surface area (Å²) >= 11 is 0. The predicted molar refractivity (Wildman–Crippen MR) is 77.8 cm³/mol. The van der Waals surface area contributed by atoms with E-state index < -0.39 is 6.04 Å². The fourth-order valence-electron chi connectivity index (χ4n) is 2.88. The molecule has 1 aliphatic rings. The summed E-state index contributed by atoms with van der Waals surface area (Å²) in [5.74, 6) is 0.121. The Morgan fingerprint density at radius 1 is 1.37 bits per heavy atom. The molecule has 1 saturated heterocycles. The van der Waals surface area contributed by atoms with Gasteiger partial charge in [0.2, 0.25) is 5.91 Å². The summed E-state index contributed by atoms with van der Waals surface area (Å²) in [6.07, 6.45) is 5.13. The van der Waals surface area contributed by atoms with Gasteiger partial charge in [0, 0.05) is 12.6 Å². The van der Waals surface area contributed by atoms with E-state index in [0.29, 0.717) is 12.5 Å². The van der Waals surface area contributed by atoms with Crippen LogP contribution in [0, 0.1) is 0 Å². The summed E-state index contributed by atoms with van der Waals surface area (Å²) in [6.45, 7) is 3.03. The molecule has 0 saturated carbocycles. The van der Waals surface area contributed by atoms with E-state index in [-0.39, 0.29) is 5.91 Å². The van der Waals surface area contributed by atoms with Gasteiger partial charge >= 0.3 is 0 Å². The van der Waals surface area contributed by atoms with Gasteiger partial charge < -0.3 is 10.6 Å². The standard InChI is InChI=1S/C16H24N2O/c1-2-14-10-6-7-11-18(14)16(19)15(17)12-13-8-4-3-5-9-13/h3-5,8-9,14-15H,2,6-7,10-12,17H2,1H3/t14-,15-/m0/s1. The molecule has 0 unspecified atom stereocenters. The van der Waals surface area contributed by atoms with Crippen molar-refractivity contribution in [2.24, 2.45) is 5.73 Å². The Hall–Kier alpha value is -1.35. The molecule has 1 fully saturated rings. The molecule has 1 heterocycles. The highest BCUT2D eigenvalue weighted by Crippen LogP contribution is 2.20. The van der Waals surface area contributed by atoms with Gasteiger partial charge in [0.25, 0.3) is 0 Å². The molecular formula is C16H24N2O. The molecule has 104 valence electrons. The number of carbonyl (C=O) groups is 1. The van der Waals surface area contributed by atoms with Crippen molar-refractivity contribution < 1.29 is 4.79 Å². The van der Waals surface area contributed by atoms with Crippen LogP contribution in [-0.2, 0) is 11.2 Å². The van der Waals surface area contributed by atoms with Crippen LogP contribution in [0.25, 0.3) is 0 Å². The Kier molecular flexibility index (Phi) is 4.97. The van der Waals surface area contributed by atoms with Crippen LogP contribution in [0.1, 0.15) is 38.2 Å². The van der Waals surface area contributed by atoms with Gasteiger partial charge in [-0.3, -0.25) is 4.79 Å². The smallest absolute Gasteiger partial charge is 0.240 e. The van der Waals surface area contributed by atoms with Crippen LogP contribution in [0.5, 0.6) is 0 Å². The molecule has 0 aromatic heterocycles. The van der Waals surface area contributed by atoms with Crippen molar-refractivity contribution in [1.29, 1.82) is 0 Å². The highest BCUT2D eigenvalue weighted by Gasteiger charge is 2.28. The lowest BCUT2D eigenvalue weighted by Gasteiger charge is -2.36. The summed E-state index contributed by atoms with van der Waals surface area (Å²) < 4.78 is 0. The van der Waals surface area contributed by atoms with Gasteiger partial charge in [0.1, 0.15) is 0 Å². The maximum atomic E-state index is 12.5. The molecule has 2 N–H and O–H groups in total. The van der Waals surface area contributed by atoms with E-state index in [4.69, 9.17) is 5.73 Å². The van der Waals surface area contributed by atoms with Crippen LogP contribution < -0.4 is 5.73 Å². The first-order valence-electron chi connectivity index (χ1n) is 7.32. The first kappa shape index (κ1) is 14.1. The van der Waals surface area contributed by atoms with Gasteiger partial charge in [-0.1, -0.05) is 37.3 Å². The minimum Gasteiger partial charge on any atom is -0.338 e. The highest BCUT2D eigenvalue weighted by atomic mass is 16.2. The second kappa shape index (κ2) is 6.71. The molecule has 1 aliphatic heterocycles. The second-order valence-electron chi connectivity index (χ2n) is 5.39. The number of likely N-dealkylation sites (tertiary alicyclic amines) is 1. The van der Waals surface area contributed by atoms with Gasteiger partial charge in [0.05, 0.1) is 6.04 Å². The monoisotopic (exact) mass is 260 g/mol. The molecule has 0 radical (unpaired) electrons. The van der Waals surface area contributed by atoms with E-state index in [0.717, 1.165) is 31.4 Å². The normalized spacial score (nSPS) is 21.2. The van der Waals surface area contributed by atoms with Gasteiger partial charge in [-0.2, -0.15) is 0 Å². The quantitative estimate of drug-likeness (QED) is 0.903. The minimum absolute atomic E-state index is 0.121. The zero-order valence-corrected chi connectivity index (χ0v) is 11.7. The van der Waals surface area contributed by atoms with Crippen LogP contribution in [0.3, 0.4) is 0 Å². The molecule has 1 amide bonds. The van der Waals surface area contributed by atoms with Crippen LogP contribution >= 0.6 is 0 Å². The van der Waals surface area contributed by atoms with E-state index >= 15 is 0 Å². The summed E-state index contributed by atoms with van der Waals surface area (Å²) in [4.78, 5) is 14.5. The third kappa shape index (κ3) is 3.57. The Morgan fingerprint density at radius 2 is 2.11 bits per heavy atom. The summed E-state index contributed by atoms with van der Waals surface area (Å²) in [6, 6.07) is 10.00. The van der Waals surface area contributed by atoms with Gasteiger partial charge in [-0.25, -0.2) is 0 Å². The van der Waals surface area contributed by atoms with Crippen LogP contribution in [-0.4, -0.2) is 29.4 Å². The molecule has 19 heavy (non-hydrogen) atoms. The maximum absolute atomic E-state index is 12.5. The number of rotatable bonds is 4. The SMILES string of the molecule is CC[C@H]1CCCCN1C(=O)[C@@H](N)Cc1ccccc1. The van der Waals surface area contributed by atoms with Gasteiger partial charge in [-0.15, -0.1) is 0 Å². The van der Waals surface area contributed by atoms with E-state index in [1.165, 1.54) is 6.42 Å². The average Bonchev–Trinajstić information content (AvgIpc) is 2.47. The van der Waals surface area contributed by atoms with Crippen LogP contribution in [0.2, 0.25) is 0 Å². The fraction of sp³-hybridized carbons (Fsp3) is 0.562. The lowest BCUT2D eigenvalue weighted by molar-refractivity contribution is -0.136. The number of amides is 1. The topological polar surface area (TPSA) is 46.3 Å². The van der Waals surface area contributed by atoms with Crippen molar-refractivity contribution in [3.63, 3.8) is 0 Å². The number of nitrogens with zero attached hydrogens (tertiary/aromatic N) is 1. The average molecular weight is 260 g/mol. The van der Waals surface area contributed by atoms with Crippen molar-refractivity contribution in [1.82, 2.24) is 4.90 Å². The Balaban J connectivity index is 1.98. The van der Waals surface area contributed by atoms with Crippen molar-refractivity contribution in [3.8, 4) is 0 Å². The van der Waals surface area contributed by atoms with Crippen molar-refractivity contribution in [2.45, 2.75) is 51.1 Å². The third-order valence-electron chi connectivity index (χ3n) is 4.00. The molecule has 1 aromatic rings. The zero-order chi connectivity index (χ0) is 13.7. The summed E-state index contributed by atoms with van der Waals surface area (Å²) in [5.41, 5.74) is 7.24. The van der Waals surface area contributed by atoms with Crippen molar-refractivity contribution in [2.75, 3.05) is 6.54 Å². The van der Waals surface area contributed by atoms with E-state index in [1.54, 1.807) is 0 Å². The summed E-state index contributed by atoms with van der Waals surface area (Å²) in [5, 5.41) is 0. The molecule has 1 aromatic carbocycles. The molecule has 0 aliphatic carbocycles. The Morgan fingerprint density at radius 3 is 2.79 bits per heavy atom. The van der Waals surface area contributed by atoms with Crippen LogP contribution in [0.15, 0.2) is 30.3 Å². The van der Waals surface area contributed by atoms with Gasteiger partial charge in [0.15, 0.2) is 0 Å². The number of benzene rings is 1. The summed E-state index contributed by atoms with van der Waals surface area (Å²) in [7, 11) is 0. The number of nitrogens with two attached hydrogens (primary N) is 1. The molecule has 2 atom stereocenters. The third-order valence-corrected chi connectivity index (χ3v) is 4.00.